The van der Waals surface area contributed by atoms with Crippen molar-refractivity contribution in [2.45, 2.75) is 32.1 Å². The molecule has 0 spiro atoms. The van der Waals surface area contributed by atoms with Gasteiger partial charge in [-0.2, -0.15) is 0 Å². The molecule has 4 heteroatoms. The third-order valence-corrected chi connectivity index (χ3v) is 3.19. The van der Waals surface area contributed by atoms with Crippen LogP contribution in [0.2, 0.25) is 0 Å². The van der Waals surface area contributed by atoms with Gasteiger partial charge in [-0.15, -0.1) is 0 Å². The van der Waals surface area contributed by atoms with Crippen LogP contribution in [0.1, 0.15) is 37.3 Å². The van der Waals surface area contributed by atoms with E-state index in [-0.39, 0.29) is 12.5 Å². The molecule has 2 rings (SSSR count). The lowest BCUT2D eigenvalue weighted by Gasteiger charge is -2.21. The standard InChI is InChI=1S/C12H20N2O2/c1-9(8-15)11-7-14-12(16-11)5-10-3-2-4-13-6-10/h7,9-10,13,15H,2-6,8H2,1H3. The van der Waals surface area contributed by atoms with Gasteiger partial charge in [0.15, 0.2) is 5.89 Å². The molecule has 90 valence electrons. The highest BCUT2D eigenvalue weighted by atomic mass is 16.4. The summed E-state index contributed by atoms with van der Waals surface area (Å²) in [4.78, 5) is 4.27. The minimum Gasteiger partial charge on any atom is -0.445 e. The van der Waals surface area contributed by atoms with Gasteiger partial charge in [-0.3, -0.25) is 0 Å². The Kier molecular flexibility index (Phi) is 3.96. The number of hydrogen-bond donors (Lipinski definition) is 2. The molecule has 0 aromatic carbocycles. The molecule has 16 heavy (non-hydrogen) atoms. The molecular formula is C12H20N2O2. The number of aliphatic hydroxyl groups excluding tert-OH is 1. The van der Waals surface area contributed by atoms with E-state index < -0.39 is 0 Å². The van der Waals surface area contributed by atoms with Crippen LogP contribution in [0.15, 0.2) is 10.6 Å². The highest BCUT2D eigenvalue weighted by molar-refractivity contribution is 5.01. The van der Waals surface area contributed by atoms with E-state index in [0.717, 1.165) is 31.2 Å². The number of aliphatic hydroxyl groups is 1. The van der Waals surface area contributed by atoms with Gasteiger partial charge in [-0.1, -0.05) is 6.92 Å². The Balaban J connectivity index is 1.91. The van der Waals surface area contributed by atoms with E-state index in [4.69, 9.17) is 9.52 Å². The monoisotopic (exact) mass is 224 g/mol. The van der Waals surface area contributed by atoms with Gasteiger partial charge in [0.25, 0.3) is 0 Å². The maximum Gasteiger partial charge on any atom is 0.194 e. The van der Waals surface area contributed by atoms with Gasteiger partial charge in [0.05, 0.1) is 12.8 Å². The number of hydrogen-bond acceptors (Lipinski definition) is 4. The molecule has 4 nitrogen and oxygen atoms in total. The number of aromatic nitrogens is 1. The molecule has 2 atom stereocenters. The second-order valence-corrected chi connectivity index (χ2v) is 4.66. The third kappa shape index (κ3) is 2.83. The molecule has 1 aromatic rings. The van der Waals surface area contributed by atoms with Crippen molar-refractivity contribution in [2.24, 2.45) is 5.92 Å². The second-order valence-electron chi connectivity index (χ2n) is 4.66. The van der Waals surface area contributed by atoms with Gasteiger partial charge in [-0.05, 0) is 31.8 Å². The molecule has 2 heterocycles. The fourth-order valence-electron chi connectivity index (χ4n) is 2.08. The summed E-state index contributed by atoms with van der Waals surface area (Å²) in [5.74, 6) is 2.29. The zero-order valence-electron chi connectivity index (χ0n) is 9.78. The van der Waals surface area contributed by atoms with Crippen molar-refractivity contribution < 1.29 is 9.52 Å². The maximum atomic E-state index is 9.02. The number of nitrogens with one attached hydrogen (secondary N) is 1. The normalized spacial score (nSPS) is 23.2. The van der Waals surface area contributed by atoms with E-state index >= 15 is 0 Å². The van der Waals surface area contributed by atoms with E-state index in [2.05, 4.69) is 10.3 Å². The quantitative estimate of drug-likeness (QED) is 0.809. The molecule has 0 bridgehead atoms. The molecule has 1 aliphatic rings. The summed E-state index contributed by atoms with van der Waals surface area (Å²) in [7, 11) is 0. The third-order valence-electron chi connectivity index (χ3n) is 3.19. The average Bonchev–Trinajstić information content (AvgIpc) is 2.78. The first-order valence-corrected chi connectivity index (χ1v) is 6.05. The van der Waals surface area contributed by atoms with Crippen LogP contribution in [-0.2, 0) is 6.42 Å². The van der Waals surface area contributed by atoms with Crippen LogP contribution >= 0.6 is 0 Å². The molecule has 1 aromatic heterocycles. The average molecular weight is 224 g/mol. The molecule has 0 amide bonds. The Morgan fingerprint density at radius 2 is 2.56 bits per heavy atom. The lowest BCUT2D eigenvalue weighted by atomic mass is 9.96. The van der Waals surface area contributed by atoms with E-state index in [1.807, 2.05) is 6.92 Å². The summed E-state index contributed by atoms with van der Waals surface area (Å²) in [6.45, 7) is 4.24. The topological polar surface area (TPSA) is 58.3 Å². The molecule has 0 aliphatic carbocycles. The maximum absolute atomic E-state index is 9.02. The van der Waals surface area contributed by atoms with Gasteiger partial charge >= 0.3 is 0 Å². The molecule has 1 aliphatic heterocycles. The molecule has 2 unspecified atom stereocenters. The minimum atomic E-state index is 0.0470. The zero-order chi connectivity index (χ0) is 11.4. The first kappa shape index (κ1) is 11.6. The molecule has 0 saturated carbocycles. The number of rotatable bonds is 4. The second kappa shape index (κ2) is 5.46. The van der Waals surface area contributed by atoms with Crippen molar-refractivity contribution >= 4 is 0 Å². The van der Waals surface area contributed by atoms with Crippen LogP contribution < -0.4 is 5.32 Å². The molecular weight excluding hydrogens is 204 g/mol. The van der Waals surface area contributed by atoms with Crippen LogP contribution in [0, 0.1) is 5.92 Å². The summed E-state index contributed by atoms with van der Waals surface area (Å²) in [6, 6.07) is 0. The highest BCUT2D eigenvalue weighted by Crippen LogP contribution is 2.20. The van der Waals surface area contributed by atoms with E-state index in [1.165, 1.54) is 12.8 Å². The predicted octanol–water partition coefficient (Wildman–Crippen LogP) is 1.31. The van der Waals surface area contributed by atoms with Gasteiger partial charge in [0, 0.05) is 12.3 Å². The molecule has 2 N–H and O–H groups in total. The van der Waals surface area contributed by atoms with E-state index in [9.17, 15) is 0 Å². The van der Waals surface area contributed by atoms with Crippen molar-refractivity contribution in [3.8, 4) is 0 Å². The van der Waals surface area contributed by atoms with Crippen molar-refractivity contribution in [3.05, 3.63) is 17.8 Å². The first-order valence-electron chi connectivity index (χ1n) is 6.05. The summed E-state index contributed by atoms with van der Waals surface area (Å²) >= 11 is 0. The van der Waals surface area contributed by atoms with Crippen molar-refractivity contribution in [2.75, 3.05) is 19.7 Å². The lowest BCUT2D eigenvalue weighted by Crippen LogP contribution is -2.30. The smallest absolute Gasteiger partial charge is 0.194 e. The Labute approximate surface area is 96.1 Å². The molecule has 0 radical (unpaired) electrons. The van der Waals surface area contributed by atoms with Crippen LogP contribution in [0.25, 0.3) is 0 Å². The number of nitrogens with zero attached hydrogens (tertiary/aromatic N) is 1. The van der Waals surface area contributed by atoms with E-state index in [0.29, 0.717) is 5.92 Å². The SMILES string of the molecule is CC(CO)c1cnc(CC2CCCNC2)o1. The van der Waals surface area contributed by atoms with Gasteiger partial charge in [-0.25, -0.2) is 4.98 Å². The Morgan fingerprint density at radius 1 is 1.69 bits per heavy atom. The van der Waals surface area contributed by atoms with Crippen LogP contribution in [0.5, 0.6) is 0 Å². The fraction of sp³-hybridized carbons (Fsp3) is 0.750. The van der Waals surface area contributed by atoms with E-state index in [1.54, 1.807) is 6.20 Å². The summed E-state index contributed by atoms with van der Waals surface area (Å²) in [6.07, 6.45) is 5.14. The highest BCUT2D eigenvalue weighted by Gasteiger charge is 2.17. The zero-order valence-corrected chi connectivity index (χ0v) is 9.78. The Hall–Kier alpha value is -0.870. The van der Waals surface area contributed by atoms with Gasteiger partial charge in [0.1, 0.15) is 5.76 Å². The predicted molar refractivity (Wildman–Crippen MR) is 61.3 cm³/mol. The van der Waals surface area contributed by atoms with Crippen molar-refractivity contribution in [3.63, 3.8) is 0 Å². The summed E-state index contributed by atoms with van der Waals surface area (Å²) < 4.78 is 5.64. The molecule has 1 fully saturated rings. The fourth-order valence-corrected chi connectivity index (χ4v) is 2.08. The Bertz CT molecular complexity index is 319. The lowest BCUT2D eigenvalue weighted by molar-refractivity contribution is 0.253. The van der Waals surface area contributed by atoms with Gasteiger partial charge < -0.3 is 14.8 Å². The largest absolute Gasteiger partial charge is 0.445 e. The van der Waals surface area contributed by atoms with Crippen molar-refractivity contribution in [1.29, 1.82) is 0 Å². The van der Waals surface area contributed by atoms with Crippen LogP contribution in [-0.4, -0.2) is 29.8 Å². The van der Waals surface area contributed by atoms with Crippen LogP contribution in [0.3, 0.4) is 0 Å². The number of piperidine rings is 1. The van der Waals surface area contributed by atoms with Crippen molar-refractivity contribution in [1.82, 2.24) is 10.3 Å². The minimum absolute atomic E-state index is 0.0470. The van der Waals surface area contributed by atoms with Crippen LogP contribution in [0.4, 0.5) is 0 Å². The number of oxazole rings is 1. The summed E-state index contributed by atoms with van der Waals surface area (Å²) in [5.41, 5.74) is 0. The molecule has 1 saturated heterocycles. The first-order chi connectivity index (χ1) is 7.79. The summed E-state index contributed by atoms with van der Waals surface area (Å²) in [5, 5.41) is 12.4. The Morgan fingerprint density at radius 3 is 3.25 bits per heavy atom. The van der Waals surface area contributed by atoms with Gasteiger partial charge in [0.2, 0.25) is 0 Å².